The Kier molecular flexibility index (Phi) is 5.10. The minimum absolute atomic E-state index is 0.0389. The summed E-state index contributed by atoms with van der Waals surface area (Å²) in [7, 11) is 0. The first-order chi connectivity index (χ1) is 8.88. The van der Waals surface area contributed by atoms with Gasteiger partial charge in [0.25, 0.3) is 0 Å². The lowest BCUT2D eigenvalue weighted by Gasteiger charge is -2.24. The zero-order chi connectivity index (χ0) is 14.5. The number of hydrogen-bond donors (Lipinski definition) is 1. The van der Waals surface area contributed by atoms with Crippen LogP contribution in [0.1, 0.15) is 33.6 Å². The number of amides is 1. The SMILES string of the molecule is CCN(C(=O)CCC(C)(C)C(=O)O)c1ccccc1. The first-order valence-electron chi connectivity index (χ1n) is 6.47. The predicted octanol–water partition coefficient (Wildman–Crippen LogP) is 2.93. The van der Waals surface area contributed by atoms with Crippen molar-refractivity contribution < 1.29 is 14.7 Å². The Balaban J connectivity index is 2.69. The van der Waals surface area contributed by atoms with Gasteiger partial charge in [-0.2, -0.15) is 0 Å². The second kappa shape index (κ2) is 6.36. The first-order valence-corrected chi connectivity index (χ1v) is 6.47. The fourth-order valence-corrected chi connectivity index (χ4v) is 1.77. The smallest absolute Gasteiger partial charge is 0.309 e. The third-order valence-corrected chi connectivity index (χ3v) is 3.23. The summed E-state index contributed by atoms with van der Waals surface area (Å²) < 4.78 is 0. The molecule has 1 N–H and O–H groups in total. The van der Waals surface area contributed by atoms with E-state index < -0.39 is 11.4 Å². The van der Waals surface area contributed by atoms with Crippen LogP contribution in [0.3, 0.4) is 0 Å². The van der Waals surface area contributed by atoms with E-state index in [2.05, 4.69) is 0 Å². The van der Waals surface area contributed by atoms with Gasteiger partial charge in [0.05, 0.1) is 5.41 Å². The van der Waals surface area contributed by atoms with E-state index in [1.54, 1.807) is 18.7 Å². The van der Waals surface area contributed by atoms with Gasteiger partial charge in [-0.15, -0.1) is 0 Å². The molecule has 0 spiro atoms. The van der Waals surface area contributed by atoms with Gasteiger partial charge in [-0.1, -0.05) is 18.2 Å². The summed E-state index contributed by atoms with van der Waals surface area (Å²) in [5.41, 5.74) is -0.0192. The van der Waals surface area contributed by atoms with Crippen LogP contribution in [0.2, 0.25) is 0 Å². The topological polar surface area (TPSA) is 57.6 Å². The number of para-hydroxylation sites is 1. The molecule has 0 fully saturated rings. The van der Waals surface area contributed by atoms with Crippen LogP contribution in [0.25, 0.3) is 0 Å². The van der Waals surface area contributed by atoms with Gasteiger partial charge in [-0.3, -0.25) is 9.59 Å². The molecule has 0 saturated heterocycles. The van der Waals surface area contributed by atoms with Gasteiger partial charge in [-0.25, -0.2) is 0 Å². The van der Waals surface area contributed by atoms with E-state index in [1.165, 1.54) is 0 Å². The molecule has 0 aliphatic heterocycles. The van der Waals surface area contributed by atoms with Crippen LogP contribution in [0, 0.1) is 5.41 Å². The van der Waals surface area contributed by atoms with E-state index in [1.807, 2.05) is 37.3 Å². The van der Waals surface area contributed by atoms with E-state index in [4.69, 9.17) is 5.11 Å². The molecule has 0 atom stereocenters. The summed E-state index contributed by atoms with van der Waals surface area (Å²) >= 11 is 0. The molecule has 1 amide bonds. The van der Waals surface area contributed by atoms with Crippen molar-refractivity contribution in [3.63, 3.8) is 0 Å². The second-order valence-electron chi connectivity index (χ2n) is 5.16. The molecule has 1 aromatic carbocycles. The van der Waals surface area contributed by atoms with Crippen molar-refractivity contribution in [2.75, 3.05) is 11.4 Å². The Morgan fingerprint density at radius 3 is 2.26 bits per heavy atom. The highest BCUT2D eigenvalue weighted by atomic mass is 16.4. The maximum atomic E-state index is 12.2. The number of carbonyl (C=O) groups is 2. The fraction of sp³-hybridized carbons (Fsp3) is 0.467. The zero-order valence-electron chi connectivity index (χ0n) is 11.7. The maximum absolute atomic E-state index is 12.2. The standard InChI is InChI=1S/C15H21NO3/c1-4-16(12-8-6-5-7-9-12)13(17)10-11-15(2,3)14(18)19/h5-9H,4,10-11H2,1-3H3,(H,18,19). The normalized spacial score (nSPS) is 11.1. The first kappa shape index (κ1) is 15.2. The van der Waals surface area contributed by atoms with Gasteiger partial charge in [0.2, 0.25) is 5.91 Å². The third kappa shape index (κ3) is 4.09. The Bertz CT molecular complexity index is 440. The van der Waals surface area contributed by atoms with Gasteiger partial charge in [0.15, 0.2) is 0 Å². The molecule has 0 aromatic heterocycles. The number of anilines is 1. The van der Waals surface area contributed by atoms with Crippen LogP contribution in [0.5, 0.6) is 0 Å². The Morgan fingerprint density at radius 1 is 1.21 bits per heavy atom. The average Bonchev–Trinajstić information content (AvgIpc) is 2.38. The lowest BCUT2D eigenvalue weighted by atomic mass is 9.88. The Morgan fingerprint density at radius 2 is 1.79 bits per heavy atom. The van der Waals surface area contributed by atoms with Crippen molar-refractivity contribution in [2.45, 2.75) is 33.6 Å². The van der Waals surface area contributed by atoms with Crippen LogP contribution in [-0.2, 0) is 9.59 Å². The Labute approximate surface area is 114 Å². The van der Waals surface area contributed by atoms with Crippen molar-refractivity contribution >= 4 is 17.6 Å². The van der Waals surface area contributed by atoms with Crippen LogP contribution < -0.4 is 4.90 Å². The summed E-state index contributed by atoms with van der Waals surface area (Å²) in [5.74, 6) is -0.911. The molecule has 0 aliphatic rings. The van der Waals surface area contributed by atoms with Crippen molar-refractivity contribution in [3.8, 4) is 0 Å². The number of aliphatic carboxylic acids is 1. The number of hydrogen-bond acceptors (Lipinski definition) is 2. The van der Waals surface area contributed by atoms with Crippen molar-refractivity contribution in [1.82, 2.24) is 0 Å². The van der Waals surface area contributed by atoms with Crippen LogP contribution in [0.15, 0.2) is 30.3 Å². The average molecular weight is 263 g/mol. The molecule has 0 saturated carbocycles. The summed E-state index contributed by atoms with van der Waals surface area (Å²) in [4.78, 5) is 24.9. The number of carboxylic acid groups (broad SMARTS) is 1. The van der Waals surface area contributed by atoms with Crippen LogP contribution in [0.4, 0.5) is 5.69 Å². The second-order valence-corrected chi connectivity index (χ2v) is 5.16. The van der Waals surface area contributed by atoms with Gasteiger partial charge in [-0.05, 0) is 39.3 Å². The van der Waals surface area contributed by atoms with Gasteiger partial charge < -0.3 is 10.0 Å². The lowest BCUT2D eigenvalue weighted by Crippen LogP contribution is -2.32. The van der Waals surface area contributed by atoms with Gasteiger partial charge in [0, 0.05) is 18.7 Å². The molecule has 4 heteroatoms. The highest BCUT2D eigenvalue weighted by Gasteiger charge is 2.28. The molecule has 0 aliphatic carbocycles. The Hall–Kier alpha value is -1.84. The number of carboxylic acids is 1. The molecule has 0 heterocycles. The monoisotopic (exact) mass is 263 g/mol. The van der Waals surface area contributed by atoms with E-state index in [9.17, 15) is 9.59 Å². The molecule has 104 valence electrons. The molecule has 4 nitrogen and oxygen atoms in total. The van der Waals surface area contributed by atoms with Gasteiger partial charge >= 0.3 is 5.97 Å². The number of carbonyl (C=O) groups excluding carboxylic acids is 1. The summed E-state index contributed by atoms with van der Waals surface area (Å²) in [6.07, 6.45) is 0.576. The zero-order valence-corrected chi connectivity index (χ0v) is 11.7. The lowest BCUT2D eigenvalue weighted by molar-refractivity contribution is -0.147. The third-order valence-electron chi connectivity index (χ3n) is 3.23. The van der Waals surface area contributed by atoms with E-state index in [0.29, 0.717) is 13.0 Å². The van der Waals surface area contributed by atoms with Crippen molar-refractivity contribution in [1.29, 1.82) is 0 Å². The molecular weight excluding hydrogens is 242 g/mol. The molecule has 1 rings (SSSR count). The predicted molar refractivity (Wildman–Crippen MR) is 75.1 cm³/mol. The summed E-state index contributed by atoms with van der Waals surface area (Å²) in [5, 5.41) is 9.04. The highest BCUT2D eigenvalue weighted by molar-refractivity contribution is 5.93. The number of rotatable bonds is 6. The van der Waals surface area contributed by atoms with Gasteiger partial charge in [0.1, 0.15) is 0 Å². The van der Waals surface area contributed by atoms with E-state index in [0.717, 1.165) is 5.69 Å². The molecule has 0 unspecified atom stereocenters. The van der Waals surface area contributed by atoms with Crippen molar-refractivity contribution in [2.24, 2.45) is 5.41 Å². The quantitative estimate of drug-likeness (QED) is 0.858. The van der Waals surface area contributed by atoms with E-state index >= 15 is 0 Å². The van der Waals surface area contributed by atoms with E-state index in [-0.39, 0.29) is 12.3 Å². The highest BCUT2D eigenvalue weighted by Crippen LogP contribution is 2.24. The summed E-state index contributed by atoms with van der Waals surface area (Å²) in [6, 6.07) is 9.42. The number of benzene rings is 1. The molecular formula is C15H21NO3. The fourth-order valence-electron chi connectivity index (χ4n) is 1.77. The van der Waals surface area contributed by atoms with Crippen LogP contribution >= 0.6 is 0 Å². The van der Waals surface area contributed by atoms with Crippen molar-refractivity contribution in [3.05, 3.63) is 30.3 Å². The molecule has 0 bridgehead atoms. The number of nitrogens with zero attached hydrogens (tertiary/aromatic N) is 1. The minimum atomic E-state index is -0.872. The molecule has 1 aromatic rings. The molecule has 0 radical (unpaired) electrons. The summed E-state index contributed by atoms with van der Waals surface area (Å²) in [6.45, 7) is 5.77. The van der Waals surface area contributed by atoms with Crippen LogP contribution in [-0.4, -0.2) is 23.5 Å². The molecule has 19 heavy (non-hydrogen) atoms. The maximum Gasteiger partial charge on any atom is 0.309 e. The minimum Gasteiger partial charge on any atom is -0.481 e. The largest absolute Gasteiger partial charge is 0.481 e.